The van der Waals surface area contributed by atoms with Crippen molar-refractivity contribution in [3.05, 3.63) is 59.4 Å². The van der Waals surface area contributed by atoms with Crippen LogP contribution < -0.4 is 0 Å². The number of morpholine rings is 1. The molecule has 0 unspecified atom stereocenters. The van der Waals surface area contributed by atoms with E-state index < -0.39 is 0 Å². The third-order valence-corrected chi connectivity index (χ3v) is 4.54. The average molecular weight is 365 g/mol. The molecule has 4 rings (SSSR count). The van der Waals surface area contributed by atoms with Gasteiger partial charge in [-0.2, -0.15) is 5.10 Å². The van der Waals surface area contributed by atoms with Crippen molar-refractivity contribution in [3.8, 4) is 11.3 Å². The predicted molar refractivity (Wildman–Crippen MR) is 95.8 cm³/mol. The highest BCUT2D eigenvalue weighted by atomic mass is 16.5. The number of aromatic nitrogens is 4. The van der Waals surface area contributed by atoms with Gasteiger partial charge in [0.15, 0.2) is 5.69 Å². The van der Waals surface area contributed by atoms with Crippen LogP contribution in [0.5, 0.6) is 0 Å². The molecule has 0 saturated carbocycles. The van der Waals surface area contributed by atoms with Gasteiger partial charge in [-0.25, -0.2) is 4.98 Å². The van der Waals surface area contributed by atoms with Crippen molar-refractivity contribution in [2.75, 3.05) is 19.7 Å². The van der Waals surface area contributed by atoms with E-state index in [2.05, 4.69) is 15.4 Å². The third kappa shape index (κ3) is 3.43. The van der Waals surface area contributed by atoms with Gasteiger partial charge >= 0.3 is 0 Å². The van der Waals surface area contributed by atoms with E-state index in [1.165, 1.54) is 0 Å². The Bertz CT molecular complexity index is 937. The molecule has 0 radical (unpaired) electrons. The Labute approximate surface area is 156 Å². The van der Waals surface area contributed by atoms with Gasteiger partial charge in [0, 0.05) is 12.7 Å². The quantitative estimate of drug-likeness (QED) is 0.703. The summed E-state index contributed by atoms with van der Waals surface area (Å²) in [5, 5.41) is 11.7. The zero-order valence-electron chi connectivity index (χ0n) is 15.1. The first-order valence-electron chi connectivity index (χ1n) is 8.72. The first kappa shape index (κ1) is 17.3. The van der Waals surface area contributed by atoms with Crippen LogP contribution in [0.1, 0.15) is 33.7 Å². The van der Waals surface area contributed by atoms with Crippen LogP contribution in [0, 0.1) is 13.8 Å². The highest BCUT2D eigenvalue weighted by Crippen LogP contribution is 2.28. The summed E-state index contributed by atoms with van der Waals surface area (Å²) in [5.74, 6) is 0.569. The summed E-state index contributed by atoms with van der Waals surface area (Å²) in [7, 11) is 0. The molecule has 138 valence electrons. The topological polar surface area (TPSA) is 94.2 Å². The molecule has 1 amide bonds. The van der Waals surface area contributed by atoms with Gasteiger partial charge in [-0.1, -0.05) is 11.2 Å². The summed E-state index contributed by atoms with van der Waals surface area (Å²) >= 11 is 0. The van der Waals surface area contributed by atoms with E-state index in [-0.39, 0.29) is 12.0 Å². The van der Waals surface area contributed by atoms with Crippen LogP contribution >= 0.6 is 0 Å². The van der Waals surface area contributed by atoms with Gasteiger partial charge in [0.25, 0.3) is 5.91 Å². The lowest BCUT2D eigenvalue weighted by molar-refractivity contribution is -0.0249. The molecule has 0 aliphatic carbocycles. The molecule has 1 fully saturated rings. The lowest BCUT2D eigenvalue weighted by Gasteiger charge is -2.32. The van der Waals surface area contributed by atoms with E-state index in [9.17, 15) is 4.79 Å². The second-order valence-corrected chi connectivity index (χ2v) is 6.37. The number of ether oxygens (including phenoxy) is 1. The number of pyridine rings is 1. The Hall–Kier alpha value is -3.13. The summed E-state index contributed by atoms with van der Waals surface area (Å²) in [6, 6.07) is 9.11. The van der Waals surface area contributed by atoms with Crippen molar-refractivity contribution in [2.45, 2.75) is 20.0 Å². The maximum absolute atomic E-state index is 12.6. The molecule has 0 aromatic carbocycles. The van der Waals surface area contributed by atoms with Gasteiger partial charge in [0.2, 0.25) is 0 Å². The molecule has 4 heterocycles. The number of carbonyl (C=O) groups excluding carboxylic acids is 1. The minimum atomic E-state index is -0.306. The summed E-state index contributed by atoms with van der Waals surface area (Å²) in [6.07, 6.45) is 1.24. The fourth-order valence-corrected chi connectivity index (χ4v) is 3.21. The molecule has 27 heavy (non-hydrogen) atoms. The van der Waals surface area contributed by atoms with E-state index >= 15 is 0 Å². The zero-order chi connectivity index (χ0) is 18.8. The first-order valence-corrected chi connectivity index (χ1v) is 8.72. The van der Waals surface area contributed by atoms with Gasteiger partial charge in [0.05, 0.1) is 35.8 Å². The van der Waals surface area contributed by atoms with E-state index in [0.29, 0.717) is 25.4 Å². The van der Waals surface area contributed by atoms with Gasteiger partial charge in [-0.15, -0.1) is 5.10 Å². The van der Waals surface area contributed by atoms with Crippen LogP contribution in [-0.2, 0) is 4.74 Å². The number of hydrogen-bond donors (Lipinski definition) is 0. The predicted octanol–water partition coefficient (Wildman–Crippen LogP) is 2.36. The highest BCUT2D eigenvalue weighted by Gasteiger charge is 2.28. The van der Waals surface area contributed by atoms with Crippen LogP contribution in [0.2, 0.25) is 0 Å². The van der Waals surface area contributed by atoms with Crippen molar-refractivity contribution in [2.24, 2.45) is 0 Å². The van der Waals surface area contributed by atoms with E-state index in [0.717, 1.165) is 28.4 Å². The van der Waals surface area contributed by atoms with Crippen molar-refractivity contribution in [1.82, 2.24) is 25.2 Å². The minimum Gasteiger partial charge on any atom is -0.368 e. The number of nitrogens with zero attached hydrogens (tertiary/aromatic N) is 5. The highest BCUT2D eigenvalue weighted by molar-refractivity contribution is 5.92. The Balaban J connectivity index is 1.57. The molecule has 0 bridgehead atoms. The molecule has 8 nitrogen and oxygen atoms in total. The first-order chi connectivity index (χ1) is 13.1. The van der Waals surface area contributed by atoms with Gasteiger partial charge in [-0.05, 0) is 38.1 Å². The fourth-order valence-electron chi connectivity index (χ4n) is 3.21. The molecule has 3 aromatic rings. The molecule has 1 saturated heterocycles. The molecule has 0 spiro atoms. The third-order valence-electron chi connectivity index (χ3n) is 4.54. The van der Waals surface area contributed by atoms with Crippen molar-refractivity contribution >= 4 is 5.91 Å². The van der Waals surface area contributed by atoms with Gasteiger partial charge in [0.1, 0.15) is 11.9 Å². The number of aryl methyl sites for hydroxylation is 2. The molecule has 8 heteroatoms. The monoisotopic (exact) mass is 365 g/mol. The molecular formula is C19H19N5O3. The van der Waals surface area contributed by atoms with E-state index in [1.807, 2.05) is 32.0 Å². The van der Waals surface area contributed by atoms with Crippen molar-refractivity contribution in [1.29, 1.82) is 0 Å². The Morgan fingerprint density at radius 1 is 1.22 bits per heavy atom. The van der Waals surface area contributed by atoms with Crippen molar-refractivity contribution in [3.63, 3.8) is 0 Å². The summed E-state index contributed by atoms with van der Waals surface area (Å²) < 4.78 is 11.1. The van der Waals surface area contributed by atoms with E-state index in [4.69, 9.17) is 14.2 Å². The Kier molecular flexibility index (Phi) is 4.64. The number of rotatable bonds is 3. The van der Waals surface area contributed by atoms with Crippen LogP contribution in [0.3, 0.4) is 0 Å². The maximum atomic E-state index is 12.6. The second kappa shape index (κ2) is 7.24. The molecule has 1 aliphatic rings. The van der Waals surface area contributed by atoms with E-state index in [1.54, 1.807) is 23.2 Å². The Morgan fingerprint density at radius 3 is 2.85 bits per heavy atom. The average Bonchev–Trinajstić information content (AvgIpc) is 3.06. The molecule has 1 atom stereocenters. The van der Waals surface area contributed by atoms with Crippen molar-refractivity contribution < 1.29 is 14.1 Å². The SMILES string of the molecule is Cc1noc(C)c1-c1cccc([C@H]2CN(C(=O)c3cccnn3)CCO2)n1. The van der Waals surface area contributed by atoms with Gasteiger partial charge in [-0.3, -0.25) is 4.79 Å². The second-order valence-electron chi connectivity index (χ2n) is 6.37. The molecule has 0 N–H and O–H groups in total. The summed E-state index contributed by atoms with van der Waals surface area (Å²) in [5.41, 5.74) is 3.56. The van der Waals surface area contributed by atoms with Gasteiger partial charge < -0.3 is 14.2 Å². The molecule has 3 aromatic heterocycles. The lowest BCUT2D eigenvalue weighted by Crippen LogP contribution is -2.42. The minimum absolute atomic E-state index is 0.154. The van der Waals surface area contributed by atoms with Crippen LogP contribution in [0.15, 0.2) is 41.1 Å². The number of hydrogen-bond acceptors (Lipinski definition) is 7. The van der Waals surface area contributed by atoms with Crippen LogP contribution in [0.4, 0.5) is 0 Å². The Morgan fingerprint density at radius 2 is 2.11 bits per heavy atom. The smallest absolute Gasteiger partial charge is 0.274 e. The normalized spacial score (nSPS) is 17.1. The lowest BCUT2D eigenvalue weighted by atomic mass is 10.1. The zero-order valence-corrected chi connectivity index (χ0v) is 15.1. The number of carbonyl (C=O) groups is 1. The summed E-state index contributed by atoms with van der Waals surface area (Å²) in [4.78, 5) is 19.1. The van der Waals surface area contributed by atoms with Crippen LogP contribution in [0.25, 0.3) is 11.3 Å². The molecule has 1 aliphatic heterocycles. The van der Waals surface area contributed by atoms with Crippen LogP contribution in [-0.4, -0.2) is 50.8 Å². The fraction of sp³-hybridized carbons (Fsp3) is 0.316. The largest absolute Gasteiger partial charge is 0.368 e. The molecular weight excluding hydrogens is 346 g/mol. The summed E-state index contributed by atoms with van der Waals surface area (Å²) in [6.45, 7) is 5.11. The maximum Gasteiger partial charge on any atom is 0.274 e. The standard InChI is InChI=1S/C19H19N5O3/c1-12-18(13(2)27-23-12)15-6-3-5-14(21-15)17-11-24(9-10-26-17)19(25)16-7-4-8-20-22-16/h3-8,17H,9-11H2,1-2H3/t17-/m1/s1. The number of amides is 1.